The Labute approximate surface area is 180 Å². The first-order valence-corrected chi connectivity index (χ1v) is 10.3. The lowest BCUT2D eigenvalue weighted by Gasteiger charge is -2.27. The minimum atomic E-state index is -0.659. The summed E-state index contributed by atoms with van der Waals surface area (Å²) in [6, 6.07) is 15.2. The van der Waals surface area contributed by atoms with Crippen LogP contribution in [0, 0.1) is 0 Å². The third-order valence-corrected chi connectivity index (χ3v) is 5.16. The van der Waals surface area contributed by atoms with Gasteiger partial charge in [0.2, 0.25) is 0 Å². The zero-order valence-corrected chi connectivity index (χ0v) is 17.3. The van der Waals surface area contributed by atoms with E-state index in [1.807, 2.05) is 50.2 Å². The molecule has 30 heavy (non-hydrogen) atoms. The molecule has 0 spiro atoms. The Bertz CT molecular complexity index is 815. The van der Waals surface area contributed by atoms with Gasteiger partial charge in [0.1, 0.15) is 0 Å². The van der Waals surface area contributed by atoms with Crippen LogP contribution in [-0.4, -0.2) is 47.2 Å². The Morgan fingerprint density at radius 1 is 1.13 bits per heavy atom. The third kappa shape index (κ3) is 7.04. The van der Waals surface area contributed by atoms with E-state index in [0.717, 1.165) is 38.0 Å². The predicted octanol–water partition coefficient (Wildman–Crippen LogP) is 4.19. The van der Waals surface area contributed by atoms with Gasteiger partial charge in [-0.05, 0) is 76.1 Å². The molecule has 1 saturated heterocycles. The molecule has 1 atom stereocenters. The number of benzene rings is 2. The Morgan fingerprint density at radius 3 is 2.50 bits per heavy atom. The van der Waals surface area contributed by atoms with Crippen LogP contribution in [-0.2, 0) is 0 Å². The predicted molar refractivity (Wildman–Crippen MR) is 126 cm³/mol. The van der Waals surface area contributed by atoms with E-state index < -0.39 is 5.60 Å². The number of carbonyl (C=O) groups is 1. The van der Waals surface area contributed by atoms with Gasteiger partial charge in [0.15, 0.2) is 0 Å². The van der Waals surface area contributed by atoms with Crippen LogP contribution in [0.4, 0.5) is 17.1 Å². The fraction of sp³-hybridized carbons (Fsp3) is 0.458. The van der Waals surface area contributed by atoms with Gasteiger partial charge in [0.05, 0.1) is 17.0 Å². The molecule has 1 unspecified atom stereocenters. The van der Waals surface area contributed by atoms with Crippen LogP contribution in [0.2, 0.25) is 0 Å². The summed E-state index contributed by atoms with van der Waals surface area (Å²) in [5.41, 5.74) is 8.01. The number of hydrogen-bond acceptors (Lipinski definition) is 5. The molecule has 5 N–H and O–H groups in total. The Balaban J connectivity index is 0.00000320. The lowest BCUT2D eigenvalue weighted by molar-refractivity contribution is 0.0373. The van der Waals surface area contributed by atoms with Crippen molar-refractivity contribution in [2.24, 2.45) is 0 Å². The van der Waals surface area contributed by atoms with E-state index in [-0.39, 0.29) is 13.3 Å². The number of anilines is 3. The van der Waals surface area contributed by atoms with E-state index in [0.29, 0.717) is 29.5 Å². The second-order valence-electron chi connectivity index (χ2n) is 8.48. The molecular weight excluding hydrogens is 376 g/mol. The molecule has 2 aromatic rings. The highest BCUT2D eigenvalue weighted by Crippen LogP contribution is 2.21. The van der Waals surface area contributed by atoms with Crippen molar-refractivity contribution < 1.29 is 9.90 Å². The zero-order valence-electron chi connectivity index (χ0n) is 17.3. The summed E-state index contributed by atoms with van der Waals surface area (Å²) in [6.45, 7) is 6.41. The molecule has 2 aromatic carbocycles. The number of nitrogens with zero attached hydrogens (tertiary/aromatic N) is 1. The van der Waals surface area contributed by atoms with E-state index in [1.54, 1.807) is 12.1 Å². The maximum absolute atomic E-state index is 12.5. The number of rotatable bonds is 6. The summed E-state index contributed by atoms with van der Waals surface area (Å²) in [4.78, 5) is 14.8. The SMILES string of the molecule is C.CC(C)(O)CN1CCCC(Nc2ccc(C(=O)Nc3ccccc3N)cc2)CC1. The first-order chi connectivity index (χ1) is 13.8. The molecule has 0 saturated carbocycles. The number of aliphatic hydroxyl groups is 1. The van der Waals surface area contributed by atoms with Crippen LogP contribution in [0.1, 0.15) is 50.9 Å². The van der Waals surface area contributed by atoms with E-state index in [1.165, 1.54) is 0 Å². The molecule has 0 aromatic heterocycles. The first kappa shape index (κ1) is 23.7. The molecule has 1 aliphatic rings. The number of carbonyl (C=O) groups excluding carboxylic acids is 1. The van der Waals surface area contributed by atoms with Gasteiger partial charge in [0, 0.05) is 30.4 Å². The normalized spacial score (nSPS) is 17.5. The second kappa shape index (κ2) is 10.5. The van der Waals surface area contributed by atoms with Gasteiger partial charge in [-0.3, -0.25) is 4.79 Å². The zero-order chi connectivity index (χ0) is 20.9. The number of amides is 1. The molecule has 1 heterocycles. The van der Waals surface area contributed by atoms with E-state index in [4.69, 9.17) is 5.73 Å². The van der Waals surface area contributed by atoms with Gasteiger partial charge in [-0.25, -0.2) is 0 Å². The van der Waals surface area contributed by atoms with Crippen molar-refractivity contribution in [1.29, 1.82) is 0 Å². The molecule has 1 fully saturated rings. The summed E-state index contributed by atoms with van der Waals surface area (Å²) in [5, 5.41) is 16.5. The number of hydrogen-bond donors (Lipinski definition) is 4. The minimum Gasteiger partial charge on any atom is -0.397 e. The Morgan fingerprint density at radius 2 is 1.83 bits per heavy atom. The number of nitrogens with two attached hydrogens (primary N) is 1. The van der Waals surface area contributed by atoms with Gasteiger partial charge in [-0.2, -0.15) is 0 Å². The van der Waals surface area contributed by atoms with Crippen LogP contribution in [0.3, 0.4) is 0 Å². The highest BCUT2D eigenvalue weighted by molar-refractivity contribution is 6.05. The van der Waals surface area contributed by atoms with Crippen molar-refractivity contribution in [2.75, 3.05) is 36.0 Å². The minimum absolute atomic E-state index is 0. The van der Waals surface area contributed by atoms with Gasteiger partial charge < -0.3 is 26.4 Å². The fourth-order valence-electron chi connectivity index (χ4n) is 3.76. The van der Waals surface area contributed by atoms with Gasteiger partial charge >= 0.3 is 0 Å². The molecule has 6 heteroatoms. The van der Waals surface area contributed by atoms with E-state index in [2.05, 4.69) is 15.5 Å². The third-order valence-electron chi connectivity index (χ3n) is 5.16. The molecule has 0 aliphatic carbocycles. The van der Waals surface area contributed by atoms with Crippen molar-refractivity contribution in [3.05, 3.63) is 54.1 Å². The van der Waals surface area contributed by atoms with Crippen LogP contribution < -0.4 is 16.4 Å². The maximum Gasteiger partial charge on any atom is 0.255 e. The van der Waals surface area contributed by atoms with Crippen molar-refractivity contribution >= 4 is 23.0 Å². The summed E-state index contributed by atoms with van der Waals surface area (Å²) in [5.74, 6) is -0.175. The number of likely N-dealkylation sites (tertiary alicyclic amines) is 1. The molecule has 1 aliphatic heterocycles. The van der Waals surface area contributed by atoms with Crippen LogP contribution >= 0.6 is 0 Å². The van der Waals surface area contributed by atoms with Crippen molar-refractivity contribution in [3.63, 3.8) is 0 Å². The van der Waals surface area contributed by atoms with E-state index in [9.17, 15) is 9.90 Å². The molecule has 3 rings (SSSR count). The molecule has 0 bridgehead atoms. The smallest absolute Gasteiger partial charge is 0.255 e. The Hall–Kier alpha value is -2.57. The van der Waals surface area contributed by atoms with Gasteiger partial charge in [-0.1, -0.05) is 19.6 Å². The second-order valence-corrected chi connectivity index (χ2v) is 8.48. The monoisotopic (exact) mass is 412 g/mol. The lowest BCUT2D eigenvalue weighted by atomic mass is 10.1. The molecule has 6 nitrogen and oxygen atoms in total. The van der Waals surface area contributed by atoms with Crippen molar-refractivity contribution in [1.82, 2.24) is 4.90 Å². The van der Waals surface area contributed by atoms with Gasteiger partial charge in [-0.15, -0.1) is 0 Å². The van der Waals surface area contributed by atoms with E-state index >= 15 is 0 Å². The molecule has 164 valence electrons. The number of para-hydroxylation sites is 2. The van der Waals surface area contributed by atoms with Crippen LogP contribution in [0.25, 0.3) is 0 Å². The van der Waals surface area contributed by atoms with Crippen molar-refractivity contribution in [2.45, 2.75) is 52.2 Å². The summed E-state index contributed by atoms with van der Waals surface area (Å²) in [6.07, 6.45) is 3.23. The molecular formula is C24H36N4O2. The topological polar surface area (TPSA) is 90.6 Å². The number of β-amino-alcohol motifs (C(OH)–C–C–N with tert-alkyl or cyclic N) is 1. The quantitative estimate of drug-likeness (QED) is 0.534. The summed E-state index contributed by atoms with van der Waals surface area (Å²) in [7, 11) is 0. The lowest BCUT2D eigenvalue weighted by Crippen LogP contribution is -2.39. The molecule has 1 amide bonds. The summed E-state index contributed by atoms with van der Waals surface area (Å²) >= 11 is 0. The average molecular weight is 413 g/mol. The Kier molecular flexibility index (Phi) is 8.26. The van der Waals surface area contributed by atoms with Crippen molar-refractivity contribution in [3.8, 4) is 0 Å². The summed E-state index contributed by atoms with van der Waals surface area (Å²) < 4.78 is 0. The van der Waals surface area contributed by atoms with Crippen LogP contribution in [0.5, 0.6) is 0 Å². The van der Waals surface area contributed by atoms with Gasteiger partial charge in [0.25, 0.3) is 5.91 Å². The fourth-order valence-corrected chi connectivity index (χ4v) is 3.76. The number of nitrogen functional groups attached to an aromatic ring is 1. The highest BCUT2D eigenvalue weighted by atomic mass is 16.3. The standard InChI is InChI=1S/C23H32N4O2.CH4/c1-23(2,29)16-27-14-5-6-18(13-15-27)25-19-11-9-17(10-12-19)22(28)26-21-8-4-3-7-20(21)24;/h3-4,7-12,18,25,29H,5-6,13-16,24H2,1-2H3,(H,26,28);1H4. The average Bonchev–Trinajstić information content (AvgIpc) is 2.88. The largest absolute Gasteiger partial charge is 0.397 e. The van der Waals surface area contributed by atoms with Crippen LogP contribution in [0.15, 0.2) is 48.5 Å². The molecule has 0 radical (unpaired) electrons. The maximum atomic E-state index is 12.5. The first-order valence-electron chi connectivity index (χ1n) is 10.3. The highest BCUT2D eigenvalue weighted by Gasteiger charge is 2.22. The number of nitrogens with one attached hydrogen (secondary N) is 2.